The first-order chi connectivity index (χ1) is 10.0. The summed E-state index contributed by atoms with van der Waals surface area (Å²) in [7, 11) is 0. The zero-order chi connectivity index (χ0) is 15.0. The molecule has 1 aliphatic rings. The fourth-order valence-electron chi connectivity index (χ4n) is 1.75. The molecule has 4 nitrogen and oxygen atoms in total. The number of nitrogens with zero attached hydrogens (tertiary/aromatic N) is 2. The molecule has 2 aromatic rings. The molecule has 2 heterocycles. The second-order valence-electron chi connectivity index (χ2n) is 4.26. The molecule has 1 aromatic carbocycles. The Balaban J connectivity index is 1.95. The number of aliphatic imine (C=N–C) groups is 1. The summed E-state index contributed by atoms with van der Waals surface area (Å²) in [5, 5.41) is 3.57. The van der Waals surface area contributed by atoms with Crippen molar-refractivity contribution in [3.63, 3.8) is 0 Å². The standard InChI is InChI=1S/C14H8Cl2N2O2S/c1-7-17-9(6-21-7)5-12-14(19)20-13(18-12)8-2-3-10(15)11(16)4-8/h2-6H,1H3. The number of hydrogen-bond donors (Lipinski definition) is 0. The van der Waals surface area contributed by atoms with Gasteiger partial charge in [-0.3, -0.25) is 0 Å². The molecule has 106 valence electrons. The van der Waals surface area contributed by atoms with Gasteiger partial charge in [0.1, 0.15) is 0 Å². The Kier molecular flexibility index (Phi) is 3.80. The summed E-state index contributed by atoms with van der Waals surface area (Å²) in [5.74, 6) is -0.307. The number of aromatic nitrogens is 1. The first kappa shape index (κ1) is 14.3. The molecule has 1 aliphatic heterocycles. The highest BCUT2D eigenvalue weighted by Crippen LogP contribution is 2.25. The Morgan fingerprint density at radius 3 is 2.76 bits per heavy atom. The van der Waals surface area contributed by atoms with Crippen molar-refractivity contribution in [2.75, 3.05) is 0 Å². The molecule has 0 spiro atoms. The van der Waals surface area contributed by atoms with Crippen LogP contribution in [-0.2, 0) is 9.53 Å². The van der Waals surface area contributed by atoms with Gasteiger partial charge in [0.2, 0.25) is 5.90 Å². The fourth-order valence-corrected chi connectivity index (χ4v) is 2.62. The van der Waals surface area contributed by atoms with Crippen LogP contribution in [0.5, 0.6) is 0 Å². The van der Waals surface area contributed by atoms with Crippen molar-refractivity contribution in [2.24, 2.45) is 4.99 Å². The number of carbonyl (C=O) groups is 1. The maximum Gasteiger partial charge on any atom is 0.363 e. The molecule has 0 aliphatic carbocycles. The summed E-state index contributed by atoms with van der Waals surface area (Å²) in [4.78, 5) is 20.3. The van der Waals surface area contributed by atoms with Gasteiger partial charge in [-0.1, -0.05) is 23.2 Å². The molecule has 0 saturated heterocycles. The largest absolute Gasteiger partial charge is 0.402 e. The zero-order valence-electron chi connectivity index (χ0n) is 10.8. The minimum absolute atomic E-state index is 0.205. The lowest BCUT2D eigenvalue weighted by molar-refractivity contribution is -0.129. The van der Waals surface area contributed by atoms with Crippen LogP contribution < -0.4 is 0 Å². The van der Waals surface area contributed by atoms with E-state index in [0.717, 1.165) is 5.01 Å². The third-order valence-electron chi connectivity index (χ3n) is 2.71. The molecule has 0 saturated carbocycles. The normalized spacial score (nSPS) is 16.2. The van der Waals surface area contributed by atoms with Gasteiger partial charge in [-0.2, -0.15) is 0 Å². The number of thiazole rings is 1. The summed E-state index contributed by atoms with van der Waals surface area (Å²) >= 11 is 13.3. The van der Waals surface area contributed by atoms with Crippen LogP contribution in [0, 0.1) is 6.92 Å². The van der Waals surface area contributed by atoms with Gasteiger partial charge >= 0.3 is 5.97 Å². The second kappa shape index (κ2) is 5.60. The Hall–Kier alpha value is -1.69. The number of hydrogen-bond acceptors (Lipinski definition) is 5. The highest BCUT2D eigenvalue weighted by molar-refractivity contribution is 7.09. The van der Waals surface area contributed by atoms with E-state index in [1.165, 1.54) is 11.3 Å². The van der Waals surface area contributed by atoms with Crippen molar-refractivity contribution >= 4 is 52.5 Å². The van der Waals surface area contributed by atoms with Gasteiger partial charge < -0.3 is 4.74 Å². The highest BCUT2D eigenvalue weighted by atomic mass is 35.5. The van der Waals surface area contributed by atoms with E-state index >= 15 is 0 Å². The molecule has 7 heteroatoms. The minimum Gasteiger partial charge on any atom is -0.402 e. The molecule has 1 aromatic heterocycles. The third-order valence-corrected chi connectivity index (χ3v) is 4.24. The molecule has 0 N–H and O–H groups in total. The van der Waals surface area contributed by atoms with E-state index in [0.29, 0.717) is 21.3 Å². The average molecular weight is 339 g/mol. The summed E-state index contributed by atoms with van der Waals surface area (Å²) in [6.45, 7) is 1.89. The number of benzene rings is 1. The summed E-state index contributed by atoms with van der Waals surface area (Å²) in [5.41, 5.74) is 1.49. The van der Waals surface area contributed by atoms with E-state index in [1.54, 1.807) is 24.3 Å². The highest BCUT2D eigenvalue weighted by Gasteiger charge is 2.24. The number of carbonyl (C=O) groups excluding carboxylic acids is 1. The van der Waals surface area contributed by atoms with Crippen LogP contribution in [0.25, 0.3) is 6.08 Å². The van der Waals surface area contributed by atoms with Gasteiger partial charge in [-0.15, -0.1) is 11.3 Å². The van der Waals surface area contributed by atoms with Gasteiger partial charge in [0, 0.05) is 10.9 Å². The van der Waals surface area contributed by atoms with Crippen LogP contribution in [0.3, 0.4) is 0 Å². The predicted molar refractivity (Wildman–Crippen MR) is 83.9 cm³/mol. The van der Waals surface area contributed by atoms with Crippen LogP contribution in [0.4, 0.5) is 0 Å². The van der Waals surface area contributed by atoms with Crippen LogP contribution in [-0.4, -0.2) is 16.9 Å². The predicted octanol–water partition coefficient (Wildman–Crippen LogP) is 4.10. The molecule has 0 amide bonds. The molecular weight excluding hydrogens is 331 g/mol. The molecule has 3 rings (SSSR count). The molecule has 21 heavy (non-hydrogen) atoms. The van der Waals surface area contributed by atoms with E-state index in [-0.39, 0.29) is 11.6 Å². The average Bonchev–Trinajstić information content (AvgIpc) is 3.00. The third kappa shape index (κ3) is 3.00. The number of halogens is 2. The topological polar surface area (TPSA) is 51.6 Å². The van der Waals surface area contributed by atoms with Crippen LogP contribution in [0.1, 0.15) is 16.3 Å². The number of ether oxygens (including phenoxy) is 1. The maximum absolute atomic E-state index is 11.8. The first-order valence-electron chi connectivity index (χ1n) is 5.93. The van der Waals surface area contributed by atoms with Gasteiger partial charge in [-0.25, -0.2) is 14.8 Å². The van der Waals surface area contributed by atoms with Gasteiger partial charge in [-0.05, 0) is 31.2 Å². The Morgan fingerprint density at radius 2 is 2.10 bits per heavy atom. The first-order valence-corrected chi connectivity index (χ1v) is 7.56. The number of cyclic esters (lactones) is 1. The van der Waals surface area contributed by atoms with Crippen molar-refractivity contribution in [2.45, 2.75) is 6.92 Å². The van der Waals surface area contributed by atoms with E-state index in [1.807, 2.05) is 12.3 Å². The minimum atomic E-state index is -0.512. The summed E-state index contributed by atoms with van der Waals surface area (Å²) in [6, 6.07) is 4.92. The van der Waals surface area contributed by atoms with Crippen molar-refractivity contribution < 1.29 is 9.53 Å². The molecule has 0 unspecified atom stereocenters. The van der Waals surface area contributed by atoms with Gasteiger partial charge in [0.15, 0.2) is 5.70 Å². The zero-order valence-corrected chi connectivity index (χ0v) is 13.1. The molecular formula is C14H8Cl2N2O2S. The summed E-state index contributed by atoms with van der Waals surface area (Å²) in [6.07, 6.45) is 1.59. The summed E-state index contributed by atoms with van der Waals surface area (Å²) < 4.78 is 5.15. The van der Waals surface area contributed by atoms with Crippen molar-refractivity contribution in [1.82, 2.24) is 4.98 Å². The van der Waals surface area contributed by atoms with Crippen molar-refractivity contribution in [3.05, 3.63) is 55.6 Å². The molecule has 0 radical (unpaired) electrons. The Labute approximate surface area is 134 Å². The smallest absolute Gasteiger partial charge is 0.363 e. The maximum atomic E-state index is 11.8. The van der Waals surface area contributed by atoms with Gasteiger partial charge in [0.05, 0.1) is 20.7 Å². The Bertz CT molecular complexity index is 796. The van der Waals surface area contributed by atoms with E-state index in [4.69, 9.17) is 27.9 Å². The van der Waals surface area contributed by atoms with E-state index < -0.39 is 5.97 Å². The lowest BCUT2D eigenvalue weighted by Gasteiger charge is -2.01. The van der Waals surface area contributed by atoms with Crippen LogP contribution in [0.2, 0.25) is 10.0 Å². The Morgan fingerprint density at radius 1 is 1.29 bits per heavy atom. The molecule has 0 atom stereocenters. The molecule has 0 fully saturated rings. The van der Waals surface area contributed by atoms with Crippen LogP contribution in [0.15, 0.2) is 34.3 Å². The quantitative estimate of drug-likeness (QED) is 0.611. The molecule has 0 bridgehead atoms. The van der Waals surface area contributed by atoms with Crippen molar-refractivity contribution in [3.8, 4) is 0 Å². The van der Waals surface area contributed by atoms with Crippen molar-refractivity contribution in [1.29, 1.82) is 0 Å². The lowest BCUT2D eigenvalue weighted by Crippen LogP contribution is -2.05. The van der Waals surface area contributed by atoms with Crippen LogP contribution >= 0.6 is 34.5 Å². The lowest BCUT2D eigenvalue weighted by atomic mass is 10.2. The van der Waals surface area contributed by atoms with E-state index in [2.05, 4.69) is 9.98 Å². The van der Waals surface area contributed by atoms with Gasteiger partial charge in [0.25, 0.3) is 0 Å². The number of esters is 1. The van der Waals surface area contributed by atoms with E-state index in [9.17, 15) is 4.79 Å². The number of rotatable bonds is 2. The number of aryl methyl sites for hydroxylation is 1. The fraction of sp³-hybridized carbons (Fsp3) is 0.0714. The monoisotopic (exact) mass is 338 g/mol. The second-order valence-corrected chi connectivity index (χ2v) is 6.13. The SMILES string of the molecule is Cc1nc(C=C2N=C(c3ccc(Cl)c(Cl)c3)OC2=O)cs1.